The van der Waals surface area contributed by atoms with Crippen molar-refractivity contribution in [3.63, 3.8) is 0 Å². The Bertz CT molecular complexity index is 2420. The Balaban J connectivity index is 1.32. The van der Waals surface area contributed by atoms with Crippen LogP contribution in [-0.2, 0) is 46.6 Å². The van der Waals surface area contributed by atoms with E-state index in [0.29, 0.717) is 48.3 Å². The van der Waals surface area contributed by atoms with Crippen molar-refractivity contribution < 1.29 is 89.4 Å². The average molecular weight is 1110 g/mol. The molecule has 1 aliphatic heterocycles. The number of carbonyl (C=O) groups excluding carboxylic acids is 7. The quantitative estimate of drug-likeness (QED) is 0.0200. The number of nitrogens with one attached hydrogen (secondary N) is 6. The van der Waals surface area contributed by atoms with Gasteiger partial charge in [-0.3, -0.25) is 33.6 Å². The SMILES string of the molecule is COC(=O)C[C@@H]1Nc2ccc(C(=O)N(C)Cc3nc4ccccc4[nH]3)cc2CN(CCCCCCNC(=O)[C@H](CCC(=O)NC[C@@H](O)C(O)C(O)[C@H](O)CO)NC(=O)[C@@H](N)CCC(=O)NC[C@H](O)C(O)C(O)[C@@H](O)CO)C1=O. The molecule has 0 saturated carbocycles. The minimum absolute atomic E-state index is 0.106. The molecule has 6 amide bonds. The molecule has 0 spiro atoms. The molecule has 1 aromatic heterocycles. The maximum Gasteiger partial charge on any atom is 0.308 e. The number of benzene rings is 2. The number of H-pyrrole nitrogens is 1. The van der Waals surface area contributed by atoms with Gasteiger partial charge in [-0.05, 0) is 61.6 Å². The summed E-state index contributed by atoms with van der Waals surface area (Å²) in [4.78, 5) is 103. The number of amides is 6. The number of hydrogen-bond donors (Lipinski definition) is 17. The number of imidazole rings is 1. The van der Waals surface area contributed by atoms with E-state index in [1.54, 1.807) is 30.1 Å². The molecule has 18 N–H and O–H groups in total. The fourth-order valence-corrected chi connectivity index (χ4v) is 8.26. The Labute approximate surface area is 449 Å². The molecule has 434 valence electrons. The van der Waals surface area contributed by atoms with Gasteiger partial charge in [0.15, 0.2) is 0 Å². The van der Waals surface area contributed by atoms with Crippen molar-refractivity contribution in [1.29, 1.82) is 0 Å². The van der Waals surface area contributed by atoms with Gasteiger partial charge >= 0.3 is 5.97 Å². The van der Waals surface area contributed by atoms with Crippen molar-refractivity contribution in [2.24, 2.45) is 5.73 Å². The summed E-state index contributed by atoms with van der Waals surface area (Å²) in [6.45, 7) is -2.29. The van der Waals surface area contributed by atoms with Crippen LogP contribution >= 0.6 is 0 Å². The van der Waals surface area contributed by atoms with Gasteiger partial charge in [0.2, 0.25) is 29.5 Å². The number of para-hydroxylation sites is 2. The Morgan fingerprint density at radius 2 is 1.37 bits per heavy atom. The van der Waals surface area contributed by atoms with Crippen LogP contribution in [0.3, 0.4) is 0 Å². The molecule has 11 atom stereocenters. The molecule has 78 heavy (non-hydrogen) atoms. The van der Waals surface area contributed by atoms with Gasteiger partial charge in [0, 0.05) is 63.9 Å². The van der Waals surface area contributed by atoms with Gasteiger partial charge in [-0.2, -0.15) is 0 Å². The number of nitrogens with zero attached hydrogens (tertiary/aromatic N) is 3. The fourth-order valence-electron chi connectivity index (χ4n) is 8.26. The molecule has 0 aliphatic carbocycles. The Morgan fingerprint density at radius 1 is 0.782 bits per heavy atom. The van der Waals surface area contributed by atoms with E-state index < -0.39 is 129 Å². The number of aliphatic hydroxyl groups is 10. The number of esters is 1. The lowest BCUT2D eigenvalue weighted by Gasteiger charge is -2.26. The first-order chi connectivity index (χ1) is 37.1. The van der Waals surface area contributed by atoms with E-state index in [9.17, 15) is 74.4 Å². The molecule has 4 unspecified atom stereocenters. The number of carbonyl (C=O) groups is 7. The van der Waals surface area contributed by atoms with E-state index in [0.717, 1.165) is 11.0 Å². The molecule has 4 rings (SSSR count). The number of anilines is 1. The summed E-state index contributed by atoms with van der Waals surface area (Å²) in [5.74, 6) is -3.71. The molecule has 0 fully saturated rings. The number of fused-ring (bicyclic) bond motifs is 2. The van der Waals surface area contributed by atoms with Crippen LogP contribution in [0.1, 0.15) is 79.5 Å². The number of methoxy groups -OCH3 is 1. The standard InChI is InChI=1S/C50H76N10O18/c1-59(24-39-56-31-9-5-6-10-32(31)57-39)49(76)27-11-13-30-28(19-27)23-60(50(77)34(55-30)20-42(69)78-2)18-8-4-3-7-17-52-48(75)33(14-16-41(68)54-22-36(64)44(71)46(73)38(66)26-62)58-47(74)29(51)12-15-40(67)53-21-35(63)43(70)45(72)37(65)25-61/h5-6,9-11,13,19,29,33-38,43-46,55,61-66,70-73H,3-4,7-8,12,14-18,20-26,51H2,1-2H3,(H,52,75)(H,53,67)(H,54,68)(H,56,57)(H,58,74)/t29-,33-,34-,35-,36+,37-,38+,43?,44?,45?,46?/m0/s1. The first kappa shape index (κ1) is 64.1. The first-order valence-electron chi connectivity index (χ1n) is 25.6. The highest BCUT2D eigenvalue weighted by molar-refractivity contribution is 5.96. The summed E-state index contributed by atoms with van der Waals surface area (Å²) in [6, 6.07) is 8.87. The maximum atomic E-state index is 13.9. The second-order valence-electron chi connectivity index (χ2n) is 19.1. The third-order valence-electron chi connectivity index (χ3n) is 13.1. The van der Waals surface area contributed by atoms with E-state index in [4.69, 9.17) is 20.7 Å². The van der Waals surface area contributed by atoms with Crippen LogP contribution in [0.5, 0.6) is 0 Å². The summed E-state index contributed by atoms with van der Waals surface area (Å²) < 4.78 is 4.86. The summed E-state index contributed by atoms with van der Waals surface area (Å²) in [7, 11) is 2.88. The predicted molar refractivity (Wildman–Crippen MR) is 276 cm³/mol. The third kappa shape index (κ3) is 19.5. The maximum absolute atomic E-state index is 13.9. The molecule has 3 aromatic rings. The van der Waals surface area contributed by atoms with Crippen LogP contribution in [0.25, 0.3) is 11.0 Å². The van der Waals surface area contributed by atoms with Crippen LogP contribution in [0, 0.1) is 0 Å². The second-order valence-corrected chi connectivity index (χ2v) is 19.1. The molecular formula is C50H76N10O18. The van der Waals surface area contributed by atoms with Crippen molar-refractivity contribution in [3.05, 3.63) is 59.4 Å². The summed E-state index contributed by atoms with van der Waals surface area (Å²) in [6.07, 6.45) is -14.4. The highest BCUT2D eigenvalue weighted by Crippen LogP contribution is 2.27. The number of rotatable bonds is 33. The highest BCUT2D eigenvalue weighted by atomic mass is 16.5. The highest BCUT2D eigenvalue weighted by Gasteiger charge is 2.34. The average Bonchev–Trinajstić information content (AvgIpc) is 3.83. The smallest absolute Gasteiger partial charge is 0.308 e. The molecular weight excluding hydrogens is 1030 g/mol. The van der Waals surface area contributed by atoms with Crippen molar-refractivity contribution in [2.45, 2.75) is 138 Å². The largest absolute Gasteiger partial charge is 0.469 e. The third-order valence-corrected chi connectivity index (χ3v) is 13.1. The topological polar surface area (TPSA) is 452 Å². The number of aromatic nitrogens is 2. The molecule has 0 radical (unpaired) electrons. The summed E-state index contributed by atoms with van der Waals surface area (Å²) in [5.41, 5.74) is 9.26. The van der Waals surface area contributed by atoms with E-state index in [1.807, 2.05) is 24.3 Å². The van der Waals surface area contributed by atoms with Gasteiger partial charge in [0.25, 0.3) is 5.91 Å². The lowest BCUT2D eigenvalue weighted by molar-refractivity contribution is -0.144. The van der Waals surface area contributed by atoms with Gasteiger partial charge in [-0.1, -0.05) is 25.0 Å². The van der Waals surface area contributed by atoms with E-state index in [2.05, 4.69) is 36.6 Å². The Morgan fingerprint density at radius 3 is 1.97 bits per heavy atom. The molecule has 0 saturated heterocycles. The van der Waals surface area contributed by atoms with Gasteiger partial charge < -0.3 is 103 Å². The van der Waals surface area contributed by atoms with Gasteiger partial charge in [-0.25, -0.2) is 4.98 Å². The molecule has 2 heterocycles. The molecule has 0 bridgehead atoms. The monoisotopic (exact) mass is 1100 g/mol. The van der Waals surface area contributed by atoms with Crippen LogP contribution in [0.15, 0.2) is 42.5 Å². The van der Waals surface area contributed by atoms with E-state index in [-0.39, 0.29) is 63.7 Å². The number of hydrogen-bond acceptors (Lipinski definition) is 21. The van der Waals surface area contributed by atoms with Gasteiger partial charge in [0.05, 0.1) is 62.6 Å². The number of nitrogens with two attached hydrogens (primary N) is 1. The molecule has 1 aliphatic rings. The number of unbranched alkanes of at least 4 members (excludes halogenated alkanes) is 3. The minimum Gasteiger partial charge on any atom is -0.469 e. The lowest BCUT2D eigenvalue weighted by Crippen LogP contribution is -2.52. The number of aliphatic hydroxyl groups excluding tert-OH is 10. The minimum atomic E-state index is -1.96. The van der Waals surface area contributed by atoms with Crippen LogP contribution in [-0.4, -0.2) is 233 Å². The Kier molecular flexibility index (Phi) is 26.2. The number of aromatic amines is 1. The summed E-state index contributed by atoms with van der Waals surface area (Å²) >= 11 is 0. The zero-order chi connectivity index (χ0) is 57.6. The van der Waals surface area contributed by atoms with E-state index in [1.165, 1.54) is 12.0 Å². The predicted octanol–water partition coefficient (Wildman–Crippen LogP) is -5.33. The molecule has 2 aromatic carbocycles. The van der Waals surface area contributed by atoms with Crippen LogP contribution < -0.4 is 32.3 Å². The fraction of sp³-hybridized carbons (Fsp3) is 0.600. The van der Waals surface area contributed by atoms with Crippen LogP contribution in [0.2, 0.25) is 0 Å². The zero-order valence-corrected chi connectivity index (χ0v) is 43.6. The van der Waals surface area contributed by atoms with Crippen molar-refractivity contribution in [1.82, 2.24) is 41.0 Å². The van der Waals surface area contributed by atoms with Gasteiger partial charge in [0.1, 0.15) is 54.5 Å². The first-order valence-corrected chi connectivity index (χ1v) is 25.6. The van der Waals surface area contributed by atoms with Crippen molar-refractivity contribution in [2.75, 3.05) is 58.9 Å². The van der Waals surface area contributed by atoms with E-state index >= 15 is 0 Å². The zero-order valence-electron chi connectivity index (χ0n) is 43.6. The van der Waals surface area contributed by atoms with Gasteiger partial charge in [-0.15, -0.1) is 0 Å². The van der Waals surface area contributed by atoms with Crippen molar-refractivity contribution in [3.8, 4) is 0 Å². The normalized spacial score (nSPS) is 17.3. The Hall–Kier alpha value is -6.44. The summed E-state index contributed by atoms with van der Waals surface area (Å²) in [5, 5.41) is 110. The van der Waals surface area contributed by atoms with Crippen molar-refractivity contribution >= 4 is 58.1 Å². The molecule has 28 heteroatoms. The van der Waals surface area contributed by atoms with Crippen LogP contribution in [0.4, 0.5) is 5.69 Å². The second kappa shape index (κ2) is 31.8. The molecule has 28 nitrogen and oxygen atoms in total. The lowest BCUT2D eigenvalue weighted by atomic mass is 10.0. The number of ether oxygens (including phenoxy) is 1.